The Balaban J connectivity index is 1.50. The van der Waals surface area contributed by atoms with Crippen LogP contribution in [0.1, 0.15) is 27.6 Å². The molecular formula is C19H15ClN4O2S2. The standard InChI is InChI=1S/C19H15ClN4O2S2/c1-11-7-12(2)24(23-11)16-4-3-15(20)17(22-16)19(25)26-8-14-10-28-18(21-14)13-5-6-27-9-13/h3-7,9-10H,8H2,1-2H3. The van der Waals surface area contributed by atoms with Gasteiger partial charge in [-0.25, -0.2) is 19.4 Å². The number of aromatic nitrogens is 4. The number of esters is 1. The quantitative estimate of drug-likeness (QED) is 0.413. The molecule has 0 fully saturated rings. The molecule has 0 aromatic carbocycles. The lowest BCUT2D eigenvalue weighted by molar-refractivity contribution is 0.0461. The van der Waals surface area contributed by atoms with Crippen LogP contribution in [-0.2, 0) is 11.3 Å². The molecule has 0 saturated carbocycles. The van der Waals surface area contributed by atoms with E-state index in [9.17, 15) is 4.79 Å². The van der Waals surface area contributed by atoms with Gasteiger partial charge >= 0.3 is 5.97 Å². The number of nitrogens with zero attached hydrogens (tertiary/aromatic N) is 4. The second-order valence-electron chi connectivity index (χ2n) is 6.07. The normalized spacial score (nSPS) is 11.0. The highest BCUT2D eigenvalue weighted by Gasteiger charge is 2.17. The number of pyridine rings is 1. The summed E-state index contributed by atoms with van der Waals surface area (Å²) >= 11 is 9.30. The summed E-state index contributed by atoms with van der Waals surface area (Å²) in [5.41, 5.74) is 3.58. The molecule has 4 aromatic rings. The zero-order valence-electron chi connectivity index (χ0n) is 15.0. The lowest BCUT2D eigenvalue weighted by Crippen LogP contribution is -2.11. The van der Waals surface area contributed by atoms with Crippen LogP contribution in [0.2, 0.25) is 5.02 Å². The van der Waals surface area contributed by atoms with Crippen molar-refractivity contribution < 1.29 is 9.53 Å². The molecule has 0 N–H and O–H groups in total. The van der Waals surface area contributed by atoms with E-state index in [1.807, 2.05) is 42.1 Å². The molecule has 6 nitrogen and oxygen atoms in total. The molecule has 0 unspecified atom stereocenters. The average molecular weight is 431 g/mol. The van der Waals surface area contributed by atoms with Crippen molar-refractivity contribution in [2.24, 2.45) is 0 Å². The number of thiophene rings is 1. The van der Waals surface area contributed by atoms with Gasteiger partial charge in [0.25, 0.3) is 0 Å². The second kappa shape index (κ2) is 7.83. The van der Waals surface area contributed by atoms with Crippen molar-refractivity contribution in [2.45, 2.75) is 20.5 Å². The number of thiazole rings is 1. The van der Waals surface area contributed by atoms with Crippen LogP contribution < -0.4 is 0 Å². The van der Waals surface area contributed by atoms with Crippen molar-refractivity contribution in [3.63, 3.8) is 0 Å². The van der Waals surface area contributed by atoms with Crippen molar-refractivity contribution in [3.8, 4) is 16.4 Å². The van der Waals surface area contributed by atoms with Crippen LogP contribution in [0.4, 0.5) is 0 Å². The Morgan fingerprint density at radius 1 is 1.21 bits per heavy atom. The van der Waals surface area contributed by atoms with Gasteiger partial charge in [-0.2, -0.15) is 16.4 Å². The van der Waals surface area contributed by atoms with Gasteiger partial charge in [0.05, 0.1) is 16.4 Å². The average Bonchev–Trinajstić information content (AvgIpc) is 3.41. The second-order valence-corrected chi connectivity index (χ2v) is 8.12. The summed E-state index contributed by atoms with van der Waals surface area (Å²) in [5, 5.41) is 11.4. The number of hydrogen-bond donors (Lipinski definition) is 0. The van der Waals surface area contributed by atoms with E-state index in [4.69, 9.17) is 16.3 Å². The molecule has 0 spiro atoms. The van der Waals surface area contributed by atoms with Crippen LogP contribution in [0.25, 0.3) is 16.4 Å². The predicted molar refractivity (Wildman–Crippen MR) is 110 cm³/mol. The molecule has 0 bridgehead atoms. The van der Waals surface area contributed by atoms with Crippen LogP contribution in [0.3, 0.4) is 0 Å². The van der Waals surface area contributed by atoms with Crippen molar-refractivity contribution in [2.75, 3.05) is 0 Å². The van der Waals surface area contributed by atoms with E-state index in [1.165, 1.54) is 11.3 Å². The number of aryl methyl sites for hydroxylation is 2. The van der Waals surface area contributed by atoms with E-state index in [-0.39, 0.29) is 17.3 Å². The number of halogens is 1. The third-order valence-electron chi connectivity index (χ3n) is 3.92. The SMILES string of the molecule is Cc1cc(C)n(-c2ccc(Cl)c(C(=O)OCc3csc(-c4ccsc4)n3)n2)n1. The minimum atomic E-state index is -0.599. The maximum atomic E-state index is 12.5. The molecule has 0 aliphatic carbocycles. The Morgan fingerprint density at radius 2 is 2.07 bits per heavy atom. The first-order valence-electron chi connectivity index (χ1n) is 8.35. The summed E-state index contributed by atoms with van der Waals surface area (Å²) in [6.07, 6.45) is 0. The van der Waals surface area contributed by atoms with E-state index in [0.717, 1.165) is 22.0 Å². The van der Waals surface area contributed by atoms with Crippen LogP contribution in [-0.4, -0.2) is 25.7 Å². The third kappa shape index (κ3) is 3.84. The maximum Gasteiger partial charge on any atom is 0.358 e. The summed E-state index contributed by atoms with van der Waals surface area (Å²) in [6, 6.07) is 7.27. The first-order valence-corrected chi connectivity index (χ1v) is 10.6. The molecule has 0 saturated heterocycles. The summed E-state index contributed by atoms with van der Waals surface area (Å²) in [7, 11) is 0. The summed E-state index contributed by atoms with van der Waals surface area (Å²) in [4.78, 5) is 21.4. The molecule has 9 heteroatoms. The largest absolute Gasteiger partial charge is 0.454 e. The number of carbonyl (C=O) groups is 1. The van der Waals surface area contributed by atoms with E-state index in [0.29, 0.717) is 11.5 Å². The molecular weight excluding hydrogens is 416 g/mol. The van der Waals surface area contributed by atoms with Gasteiger partial charge < -0.3 is 4.74 Å². The molecule has 0 atom stereocenters. The Morgan fingerprint density at radius 3 is 2.79 bits per heavy atom. The first-order chi connectivity index (χ1) is 13.5. The van der Waals surface area contributed by atoms with E-state index < -0.39 is 5.97 Å². The van der Waals surface area contributed by atoms with E-state index in [1.54, 1.807) is 28.2 Å². The van der Waals surface area contributed by atoms with E-state index >= 15 is 0 Å². The molecule has 142 valence electrons. The predicted octanol–water partition coefficient (Wildman–Crippen LogP) is 5.08. The molecule has 28 heavy (non-hydrogen) atoms. The zero-order valence-corrected chi connectivity index (χ0v) is 17.4. The van der Waals surface area contributed by atoms with Crippen LogP contribution in [0, 0.1) is 13.8 Å². The molecule has 4 heterocycles. The van der Waals surface area contributed by atoms with Crippen molar-refractivity contribution in [1.82, 2.24) is 19.7 Å². The fourth-order valence-corrected chi connectivity index (χ4v) is 4.35. The molecule has 0 radical (unpaired) electrons. The lowest BCUT2D eigenvalue weighted by atomic mass is 10.3. The molecule has 0 amide bonds. The Hall–Kier alpha value is -2.55. The Bertz CT molecular complexity index is 1130. The van der Waals surface area contributed by atoms with Gasteiger partial charge in [-0.3, -0.25) is 0 Å². The number of carbonyl (C=O) groups excluding carboxylic acids is 1. The van der Waals surface area contributed by atoms with Crippen molar-refractivity contribution in [3.05, 3.63) is 68.2 Å². The highest BCUT2D eigenvalue weighted by atomic mass is 35.5. The highest BCUT2D eigenvalue weighted by Crippen LogP contribution is 2.26. The van der Waals surface area contributed by atoms with E-state index in [2.05, 4.69) is 15.1 Å². The molecule has 0 aliphatic heterocycles. The minimum absolute atomic E-state index is 0.0556. The first kappa shape index (κ1) is 18.8. The van der Waals surface area contributed by atoms with Gasteiger partial charge in [-0.1, -0.05) is 11.6 Å². The summed E-state index contributed by atoms with van der Waals surface area (Å²) in [6.45, 7) is 3.87. The Kier molecular flexibility index (Phi) is 5.25. The van der Waals surface area contributed by atoms with Crippen molar-refractivity contribution in [1.29, 1.82) is 0 Å². The lowest BCUT2D eigenvalue weighted by Gasteiger charge is -2.08. The number of rotatable bonds is 5. The maximum absolute atomic E-state index is 12.5. The molecule has 4 rings (SSSR count). The third-order valence-corrected chi connectivity index (χ3v) is 5.85. The number of ether oxygens (including phenoxy) is 1. The van der Waals surface area contributed by atoms with Crippen LogP contribution >= 0.6 is 34.3 Å². The minimum Gasteiger partial charge on any atom is -0.454 e. The smallest absolute Gasteiger partial charge is 0.358 e. The van der Waals surface area contributed by atoms with Gasteiger partial charge in [-0.05, 0) is 43.5 Å². The van der Waals surface area contributed by atoms with Gasteiger partial charge in [0.2, 0.25) is 0 Å². The van der Waals surface area contributed by atoms with Crippen LogP contribution in [0.15, 0.2) is 40.4 Å². The Labute approximate surface area is 174 Å². The van der Waals surface area contributed by atoms with Gasteiger partial charge in [-0.15, -0.1) is 11.3 Å². The monoisotopic (exact) mass is 430 g/mol. The van der Waals surface area contributed by atoms with Crippen LogP contribution in [0.5, 0.6) is 0 Å². The van der Waals surface area contributed by atoms with Crippen molar-refractivity contribution >= 4 is 40.2 Å². The van der Waals surface area contributed by atoms with Gasteiger partial charge in [0, 0.05) is 22.0 Å². The number of hydrogen-bond acceptors (Lipinski definition) is 7. The zero-order chi connectivity index (χ0) is 19.7. The topological polar surface area (TPSA) is 69.9 Å². The van der Waals surface area contributed by atoms with Gasteiger partial charge in [0.15, 0.2) is 11.5 Å². The summed E-state index contributed by atoms with van der Waals surface area (Å²) < 4.78 is 7.05. The fraction of sp³-hybridized carbons (Fsp3) is 0.158. The fourth-order valence-electron chi connectivity index (χ4n) is 2.65. The van der Waals surface area contributed by atoms with Gasteiger partial charge in [0.1, 0.15) is 11.6 Å². The highest BCUT2D eigenvalue weighted by molar-refractivity contribution is 7.14. The molecule has 4 aromatic heterocycles. The molecule has 0 aliphatic rings. The summed E-state index contributed by atoms with van der Waals surface area (Å²) in [5.74, 6) is -0.0891.